The summed E-state index contributed by atoms with van der Waals surface area (Å²) >= 11 is 4.64. The molecule has 0 heterocycles. The quantitative estimate of drug-likeness (QED) is 0.286. The van der Waals surface area contributed by atoms with Gasteiger partial charge in [0.05, 0.1) is 6.21 Å². The maximum absolute atomic E-state index is 5.25. The van der Waals surface area contributed by atoms with Gasteiger partial charge in [0.1, 0.15) is 8.07 Å². The Bertz CT molecular complexity index is 504. The van der Waals surface area contributed by atoms with Crippen molar-refractivity contribution in [3.63, 3.8) is 0 Å². The van der Waals surface area contributed by atoms with E-state index in [1.807, 2.05) is 24.3 Å². The van der Waals surface area contributed by atoms with Crippen molar-refractivity contribution in [3.05, 3.63) is 35.4 Å². The highest BCUT2D eigenvalue weighted by molar-refractivity contribution is 7.80. The predicted molar refractivity (Wildman–Crippen MR) is 84.2 cm³/mol. The summed E-state index contributed by atoms with van der Waals surface area (Å²) in [6.07, 6.45) is 1.66. The van der Waals surface area contributed by atoms with E-state index < -0.39 is 8.07 Å². The molecule has 0 aliphatic carbocycles. The van der Waals surface area contributed by atoms with E-state index in [1.54, 1.807) is 6.21 Å². The minimum Gasteiger partial charge on any atom is -0.375 e. The minimum absolute atomic E-state index is 0.156. The van der Waals surface area contributed by atoms with Crippen molar-refractivity contribution in [2.45, 2.75) is 19.6 Å². The first-order valence-corrected chi connectivity index (χ1v) is 9.49. The van der Waals surface area contributed by atoms with E-state index >= 15 is 0 Å². The van der Waals surface area contributed by atoms with Crippen molar-refractivity contribution < 1.29 is 0 Å². The second-order valence-corrected chi connectivity index (χ2v) is 10.0. The van der Waals surface area contributed by atoms with Crippen LogP contribution in [-0.4, -0.2) is 19.4 Å². The molecule has 0 atom stereocenters. The molecule has 0 aliphatic rings. The third-order valence-electron chi connectivity index (χ3n) is 1.88. The van der Waals surface area contributed by atoms with E-state index in [2.05, 4.69) is 53.9 Å². The zero-order valence-electron chi connectivity index (χ0n) is 10.8. The fraction of sp³-hybridized carbons (Fsp3) is 0.231. The predicted octanol–water partition coefficient (Wildman–Crippen LogP) is 2.08. The molecule has 3 nitrogen and oxygen atoms in total. The zero-order chi connectivity index (χ0) is 13.6. The van der Waals surface area contributed by atoms with E-state index in [-0.39, 0.29) is 5.11 Å². The highest BCUT2D eigenvalue weighted by atomic mass is 32.1. The molecule has 1 aromatic carbocycles. The molecule has 0 saturated heterocycles. The van der Waals surface area contributed by atoms with Crippen molar-refractivity contribution >= 4 is 31.6 Å². The Balaban J connectivity index is 2.71. The molecule has 0 aromatic heterocycles. The molecule has 0 fully saturated rings. The van der Waals surface area contributed by atoms with Crippen LogP contribution < -0.4 is 11.2 Å². The highest BCUT2D eigenvalue weighted by Crippen LogP contribution is 2.03. The Morgan fingerprint density at radius 2 is 1.94 bits per heavy atom. The maximum Gasteiger partial charge on any atom is 0.184 e. The first kappa shape index (κ1) is 14.4. The van der Waals surface area contributed by atoms with Crippen LogP contribution in [0.4, 0.5) is 0 Å². The summed E-state index contributed by atoms with van der Waals surface area (Å²) < 4.78 is 0. The lowest BCUT2D eigenvalue weighted by atomic mass is 10.1. The van der Waals surface area contributed by atoms with Gasteiger partial charge in [-0.05, 0) is 29.9 Å². The number of nitrogens with two attached hydrogens (primary N) is 1. The lowest BCUT2D eigenvalue weighted by Crippen LogP contribution is -2.23. The van der Waals surface area contributed by atoms with Gasteiger partial charge < -0.3 is 5.73 Å². The van der Waals surface area contributed by atoms with Crippen LogP contribution >= 0.6 is 12.2 Å². The number of nitrogens with zero attached hydrogens (tertiary/aromatic N) is 1. The standard InChI is InChI=1S/C13H17N3SSi/c1-18(2,3)9-8-11-4-6-12(7-5-11)10-15-16-13(14)17/h4-7,10H,1-3H3,(H3,14,16,17). The molecule has 0 radical (unpaired) electrons. The van der Waals surface area contributed by atoms with Gasteiger partial charge >= 0.3 is 0 Å². The van der Waals surface area contributed by atoms with Crippen molar-refractivity contribution in [2.75, 3.05) is 0 Å². The summed E-state index contributed by atoms with van der Waals surface area (Å²) in [4.78, 5) is 0. The van der Waals surface area contributed by atoms with Gasteiger partial charge in [-0.2, -0.15) is 5.10 Å². The number of benzene rings is 1. The van der Waals surface area contributed by atoms with Crippen LogP contribution in [0.3, 0.4) is 0 Å². The van der Waals surface area contributed by atoms with Crippen molar-refractivity contribution in [2.24, 2.45) is 10.8 Å². The van der Waals surface area contributed by atoms with Gasteiger partial charge in [-0.15, -0.1) is 5.54 Å². The smallest absolute Gasteiger partial charge is 0.184 e. The van der Waals surface area contributed by atoms with Gasteiger partial charge in [0, 0.05) is 5.56 Å². The zero-order valence-corrected chi connectivity index (χ0v) is 12.6. The van der Waals surface area contributed by atoms with Crippen LogP contribution in [0.25, 0.3) is 0 Å². The molecule has 0 saturated carbocycles. The van der Waals surface area contributed by atoms with Crippen LogP contribution in [0.5, 0.6) is 0 Å². The molecule has 0 spiro atoms. The Kier molecular flexibility index (Phi) is 5.07. The topological polar surface area (TPSA) is 50.4 Å². The minimum atomic E-state index is -1.31. The number of hydrazone groups is 1. The lowest BCUT2D eigenvalue weighted by molar-refractivity contribution is 1.04. The number of thiocarbonyl (C=S) groups is 1. The lowest BCUT2D eigenvalue weighted by Gasteiger charge is -2.03. The molecule has 0 amide bonds. The molecule has 3 N–H and O–H groups in total. The molecule has 94 valence electrons. The summed E-state index contributed by atoms with van der Waals surface area (Å²) in [7, 11) is -1.31. The summed E-state index contributed by atoms with van der Waals surface area (Å²) in [5, 5.41) is 4.04. The molecule has 5 heteroatoms. The van der Waals surface area contributed by atoms with Gasteiger partial charge in [-0.1, -0.05) is 37.7 Å². The van der Waals surface area contributed by atoms with E-state index in [0.717, 1.165) is 11.1 Å². The first-order chi connectivity index (χ1) is 8.37. The Labute approximate surface area is 114 Å². The highest BCUT2D eigenvalue weighted by Gasteiger charge is 2.07. The van der Waals surface area contributed by atoms with Crippen LogP contribution in [-0.2, 0) is 0 Å². The van der Waals surface area contributed by atoms with Gasteiger partial charge in [-0.3, -0.25) is 5.43 Å². The third kappa shape index (κ3) is 6.18. The Hall–Kier alpha value is -1.64. The second-order valence-electron chi connectivity index (χ2n) is 4.86. The Morgan fingerprint density at radius 3 is 2.44 bits per heavy atom. The van der Waals surface area contributed by atoms with Crippen LogP contribution in [0, 0.1) is 11.5 Å². The van der Waals surface area contributed by atoms with E-state index in [4.69, 9.17) is 5.73 Å². The van der Waals surface area contributed by atoms with Crippen LogP contribution in [0.2, 0.25) is 19.6 Å². The van der Waals surface area contributed by atoms with Crippen LogP contribution in [0.1, 0.15) is 11.1 Å². The Morgan fingerprint density at radius 1 is 1.33 bits per heavy atom. The summed E-state index contributed by atoms with van der Waals surface area (Å²) in [6, 6.07) is 7.88. The van der Waals surface area contributed by atoms with Crippen molar-refractivity contribution in [1.29, 1.82) is 0 Å². The number of rotatable bonds is 2. The largest absolute Gasteiger partial charge is 0.375 e. The van der Waals surface area contributed by atoms with E-state index in [1.165, 1.54) is 0 Å². The SMILES string of the molecule is C[Si](C)(C)C#Cc1ccc(C=NNC(N)=S)cc1. The van der Waals surface area contributed by atoms with Crippen molar-refractivity contribution in [1.82, 2.24) is 5.43 Å². The second kappa shape index (κ2) is 6.33. The average Bonchev–Trinajstić information content (AvgIpc) is 2.26. The van der Waals surface area contributed by atoms with Gasteiger partial charge in [0.25, 0.3) is 0 Å². The molecule has 18 heavy (non-hydrogen) atoms. The van der Waals surface area contributed by atoms with Crippen LogP contribution in [0.15, 0.2) is 29.4 Å². The molecule has 0 unspecified atom stereocenters. The third-order valence-corrected chi connectivity index (χ3v) is 2.85. The molecular weight excluding hydrogens is 258 g/mol. The molecule has 1 rings (SSSR count). The van der Waals surface area contributed by atoms with Gasteiger partial charge in [-0.25, -0.2) is 0 Å². The summed E-state index contributed by atoms with van der Waals surface area (Å²) in [6.45, 7) is 6.67. The fourth-order valence-electron chi connectivity index (χ4n) is 1.08. The fourth-order valence-corrected chi connectivity index (χ4v) is 1.65. The molecular formula is C13H17N3SSi. The first-order valence-electron chi connectivity index (χ1n) is 5.58. The molecule has 0 bridgehead atoms. The average molecular weight is 275 g/mol. The summed E-state index contributed by atoms with van der Waals surface area (Å²) in [5.74, 6) is 3.20. The van der Waals surface area contributed by atoms with E-state index in [0.29, 0.717) is 0 Å². The number of hydrogen-bond acceptors (Lipinski definition) is 2. The maximum atomic E-state index is 5.25. The monoisotopic (exact) mass is 275 g/mol. The van der Waals surface area contributed by atoms with Crippen molar-refractivity contribution in [3.8, 4) is 11.5 Å². The van der Waals surface area contributed by atoms with Gasteiger partial charge in [0.2, 0.25) is 0 Å². The number of nitrogens with one attached hydrogen (secondary N) is 1. The van der Waals surface area contributed by atoms with Gasteiger partial charge in [0.15, 0.2) is 5.11 Å². The number of hydrogen-bond donors (Lipinski definition) is 2. The molecule has 1 aromatic rings. The normalized spacial score (nSPS) is 10.8. The summed E-state index contributed by atoms with van der Waals surface area (Å²) in [5.41, 5.74) is 13.1. The molecule has 0 aliphatic heterocycles. The van der Waals surface area contributed by atoms with E-state index in [9.17, 15) is 0 Å².